The van der Waals surface area contributed by atoms with Crippen molar-refractivity contribution < 1.29 is 0 Å². The fraction of sp³-hybridized carbons (Fsp3) is 0.118. The largest absolute Gasteiger partial charge is 0.377 e. The Balaban J connectivity index is 1.85. The SMILES string of the molecule is C/C(=C(/B(c1ccccc1)c1ccc(C)cc1)c1ccc2ccccc2c1)c1ccccc1N(C)C. The van der Waals surface area contributed by atoms with E-state index in [9.17, 15) is 0 Å². The van der Waals surface area contributed by atoms with Crippen LogP contribution in [0.3, 0.4) is 0 Å². The molecule has 0 aliphatic rings. The number of para-hydroxylation sites is 1. The van der Waals surface area contributed by atoms with Crippen molar-refractivity contribution in [1.82, 2.24) is 0 Å². The standard InChI is InChI=1S/C34H32BN/c1-25-18-22-31(23-19-25)35(30-14-6-5-7-15-30)34(26(2)32-16-10-11-17-33(32)36(3)4)29-21-20-27-12-8-9-13-28(27)24-29/h5-24H,1-4H3/b34-26-. The number of anilines is 1. The van der Waals surface area contributed by atoms with Gasteiger partial charge in [-0.2, -0.15) is 0 Å². The quantitative estimate of drug-likeness (QED) is 0.193. The van der Waals surface area contributed by atoms with Gasteiger partial charge < -0.3 is 4.90 Å². The van der Waals surface area contributed by atoms with Crippen molar-refractivity contribution in [3.63, 3.8) is 0 Å². The number of nitrogens with zero attached hydrogens (tertiary/aromatic N) is 1. The second kappa shape index (κ2) is 10.3. The van der Waals surface area contributed by atoms with Crippen molar-refractivity contribution in [3.05, 3.63) is 138 Å². The predicted molar refractivity (Wildman–Crippen MR) is 160 cm³/mol. The summed E-state index contributed by atoms with van der Waals surface area (Å²) in [6.07, 6.45) is 0. The number of rotatable bonds is 6. The molecule has 0 radical (unpaired) electrons. The van der Waals surface area contributed by atoms with Crippen molar-refractivity contribution in [2.75, 3.05) is 19.0 Å². The smallest absolute Gasteiger partial charge is 0.242 e. The highest BCUT2D eigenvalue weighted by molar-refractivity contribution is 7.00. The van der Waals surface area contributed by atoms with Gasteiger partial charge in [0.25, 0.3) is 0 Å². The zero-order chi connectivity index (χ0) is 25.1. The lowest BCUT2D eigenvalue weighted by atomic mass is 9.34. The van der Waals surface area contributed by atoms with E-state index in [0.29, 0.717) is 0 Å². The van der Waals surface area contributed by atoms with Crippen LogP contribution in [-0.4, -0.2) is 20.8 Å². The molecule has 0 atom stereocenters. The Bertz CT molecular complexity index is 1510. The maximum atomic E-state index is 2.36. The maximum absolute atomic E-state index is 2.36. The summed E-state index contributed by atoms with van der Waals surface area (Å²) in [6.45, 7) is 4.54. The van der Waals surface area contributed by atoms with Gasteiger partial charge in [-0.3, -0.25) is 0 Å². The van der Waals surface area contributed by atoms with Crippen molar-refractivity contribution in [3.8, 4) is 0 Å². The van der Waals surface area contributed by atoms with Gasteiger partial charge in [-0.25, -0.2) is 0 Å². The summed E-state index contributed by atoms with van der Waals surface area (Å²) in [6, 6.07) is 44.2. The number of allylic oxidation sites excluding steroid dienone is 1. The second-order valence-electron chi connectivity index (χ2n) is 9.77. The molecule has 5 rings (SSSR count). The van der Waals surface area contributed by atoms with Gasteiger partial charge in [0.15, 0.2) is 0 Å². The Hall–Kier alpha value is -4.04. The van der Waals surface area contributed by atoms with Gasteiger partial charge in [-0.1, -0.05) is 131 Å². The van der Waals surface area contributed by atoms with Crippen LogP contribution in [-0.2, 0) is 0 Å². The number of aryl methyl sites for hydroxylation is 1. The zero-order valence-corrected chi connectivity index (χ0v) is 21.6. The maximum Gasteiger partial charge on any atom is 0.242 e. The van der Waals surface area contributed by atoms with Gasteiger partial charge in [0.2, 0.25) is 6.71 Å². The zero-order valence-electron chi connectivity index (χ0n) is 21.6. The van der Waals surface area contributed by atoms with Gasteiger partial charge in [-0.05, 0) is 47.9 Å². The first-order valence-electron chi connectivity index (χ1n) is 12.6. The van der Waals surface area contributed by atoms with E-state index in [1.807, 2.05) is 0 Å². The van der Waals surface area contributed by atoms with E-state index < -0.39 is 0 Å². The van der Waals surface area contributed by atoms with E-state index in [1.54, 1.807) is 0 Å². The summed E-state index contributed by atoms with van der Waals surface area (Å²) in [7, 11) is 4.24. The Kier molecular flexibility index (Phi) is 6.78. The van der Waals surface area contributed by atoms with E-state index in [-0.39, 0.29) is 6.71 Å². The molecule has 1 nitrogen and oxygen atoms in total. The van der Waals surface area contributed by atoms with Crippen LogP contribution in [0.25, 0.3) is 21.8 Å². The minimum atomic E-state index is 0.100. The minimum absolute atomic E-state index is 0.100. The highest BCUT2D eigenvalue weighted by Crippen LogP contribution is 2.34. The molecule has 0 saturated heterocycles. The van der Waals surface area contributed by atoms with Gasteiger partial charge >= 0.3 is 0 Å². The van der Waals surface area contributed by atoms with E-state index in [2.05, 4.69) is 154 Å². The number of hydrogen-bond acceptors (Lipinski definition) is 1. The molecule has 176 valence electrons. The van der Waals surface area contributed by atoms with Crippen LogP contribution in [0.4, 0.5) is 5.69 Å². The first-order valence-corrected chi connectivity index (χ1v) is 12.6. The summed E-state index contributed by atoms with van der Waals surface area (Å²) in [5, 5.41) is 2.52. The molecule has 5 aromatic carbocycles. The number of fused-ring (bicyclic) bond motifs is 1. The molecule has 2 heteroatoms. The average molecular weight is 465 g/mol. The van der Waals surface area contributed by atoms with Gasteiger partial charge in [-0.15, -0.1) is 0 Å². The van der Waals surface area contributed by atoms with Crippen LogP contribution < -0.4 is 15.8 Å². The highest BCUT2D eigenvalue weighted by atomic mass is 15.1. The molecule has 0 N–H and O–H groups in total. The lowest BCUT2D eigenvalue weighted by Crippen LogP contribution is -2.44. The van der Waals surface area contributed by atoms with E-state index >= 15 is 0 Å². The molecule has 0 aliphatic heterocycles. The Labute approximate surface area is 215 Å². The monoisotopic (exact) mass is 465 g/mol. The van der Waals surface area contributed by atoms with E-state index in [0.717, 1.165) is 0 Å². The molecule has 0 aliphatic carbocycles. The topological polar surface area (TPSA) is 3.24 Å². The second-order valence-corrected chi connectivity index (χ2v) is 9.77. The minimum Gasteiger partial charge on any atom is -0.377 e. The fourth-order valence-corrected chi connectivity index (χ4v) is 5.21. The van der Waals surface area contributed by atoms with Crippen molar-refractivity contribution in [2.24, 2.45) is 0 Å². The summed E-state index contributed by atoms with van der Waals surface area (Å²) in [4.78, 5) is 2.21. The summed E-state index contributed by atoms with van der Waals surface area (Å²) >= 11 is 0. The summed E-state index contributed by atoms with van der Waals surface area (Å²) < 4.78 is 0. The Morgan fingerprint density at radius 1 is 0.611 bits per heavy atom. The van der Waals surface area contributed by atoms with Crippen LogP contribution in [0, 0.1) is 6.92 Å². The summed E-state index contributed by atoms with van der Waals surface area (Å²) in [5.74, 6) is 0. The van der Waals surface area contributed by atoms with Crippen LogP contribution in [0.1, 0.15) is 23.6 Å². The lowest BCUT2D eigenvalue weighted by Gasteiger charge is -2.25. The molecule has 0 aromatic heterocycles. The summed E-state index contributed by atoms with van der Waals surface area (Å²) in [5.41, 5.74) is 10.3. The molecule has 0 amide bonds. The van der Waals surface area contributed by atoms with E-state index in [4.69, 9.17) is 0 Å². The van der Waals surface area contributed by atoms with Crippen molar-refractivity contribution in [2.45, 2.75) is 13.8 Å². The molecule has 0 spiro atoms. The fourth-order valence-electron chi connectivity index (χ4n) is 5.21. The molecule has 0 fully saturated rings. The van der Waals surface area contributed by atoms with Crippen LogP contribution in [0.5, 0.6) is 0 Å². The molecular formula is C34H32BN. The molecular weight excluding hydrogens is 433 g/mol. The Morgan fingerprint density at radius 2 is 1.22 bits per heavy atom. The van der Waals surface area contributed by atoms with Gasteiger partial charge in [0, 0.05) is 25.3 Å². The third-order valence-electron chi connectivity index (χ3n) is 7.09. The van der Waals surface area contributed by atoms with Crippen LogP contribution in [0.15, 0.2) is 121 Å². The number of hydrogen-bond donors (Lipinski definition) is 0. The van der Waals surface area contributed by atoms with Crippen molar-refractivity contribution in [1.29, 1.82) is 0 Å². The molecule has 0 unspecified atom stereocenters. The Morgan fingerprint density at radius 3 is 1.94 bits per heavy atom. The first kappa shape index (κ1) is 23.7. The molecule has 0 saturated carbocycles. The molecule has 0 heterocycles. The number of benzene rings is 5. The molecule has 5 aromatic rings. The third-order valence-corrected chi connectivity index (χ3v) is 7.09. The van der Waals surface area contributed by atoms with Gasteiger partial charge in [0.05, 0.1) is 0 Å². The first-order chi connectivity index (χ1) is 17.5. The molecule has 36 heavy (non-hydrogen) atoms. The van der Waals surface area contributed by atoms with Crippen LogP contribution >= 0.6 is 0 Å². The predicted octanol–water partition coefficient (Wildman–Crippen LogP) is 6.99. The third kappa shape index (κ3) is 4.72. The highest BCUT2D eigenvalue weighted by Gasteiger charge is 2.28. The normalized spacial score (nSPS) is 11.8. The van der Waals surface area contributed by atoms with Gasteiger partial charge in [0.1, 0.15) is 0 Å². The lowest BCUT2D eigenvalue weighted by molar-refractivity contribution is 1.12. The van der Waals surface area contributed by atoms with Crippen LogP contribution in [0.2, 0.25) is 0 Å². The average Bonchev–Trinajstić information content (AvgIpc) is 2.92. The van der Waals surface area contributed by atoms with Crippen molar-refractivity contribution >= 4 is 45.1 Å². The molecule has 0 bridgehead atoms. The van der Waals surface area contributed by atoms with E-state index in [1.165, 1.54) is 55.1 Å².